The first-order valence-electron chi connectivity index (χ1n) is 7.80. The van der Waals surface area contributed by atoms with Crippen LogP contribution in [0.25, 0.3) is 10.9 Å². The summed E-state index contributed by atoms with van der Waals surface area (Å²) in [6.45, 7) is 0. The maximum absolute atomic E-state index is 13.1. The average molecular weight is 449 g/mol. The summed E-state index contributed by atoms with van der Waals surface area (Å²) < 4.78 is 1.01. The SMILES string of the molecule is O=C(Nc1ccccc1I)c1c2c(nc3ccc(Cl)cc13)CCC2. The number of rotatable bonds is 2. The van der Waals surface area contributed by atoms with Crippen molar-refractivity contribution >= 4 is 56.7 Å². The van der Waals surface area contributed by atoms with Gasteiger partial charge in [-0.15, -0.1) is 0 Å². The molecular formula is C19H14ClIN2O. The summed E-state index contributed by atoms with van der Waals surface area (Å²) in [4.78, 5) is 17.8. The van der Waals surface area contributed by atoms with Crippen molar-refractivity contribution in [2.45, 2.75) is 19.3 Å². The minimum Gasteiger partial charge on any atom is -0.321 e. The van der Waals surface area contributed by atoms with Crippen molar-refractivity contribution in [3.05, 3.63) is 67.9 Å². The number of anilines is 1. The van der Waals surface area contributed by atoms with Crippen LogP contribution < -0.4 is 5.32 Å². The second-order valence-electron chi connectivity index (χ2n) is 5.86. The summed E-state index contributed by atoms with van der Waals surface area (Å²) in [6.07, 6.45) is 2.85. The molecule has 3 nitrogen and oxygen atoms in total. The number of carbonyl (C=O) groups excluding carboxylic acids is 1. The lowest BCUT2D eigenvalue weighted by atomic mass is 10.0. The standard InChI is InChI=1S/C19H14ClIN2O/c20-11-8-9-16-13(10-11)18(12-4-3-7-15(12)22-16)19(24)23-17-6-2-1-5-14(17)21/h1-2,5-6,8-10H,3-4,7H2,(H,23,24). The molecule has 5 heteroatoms. The van der Waals surface area contributed by atoms with E-state index in [1.165, 1.54) is 0 Å². The lowest BCUT2D eigenvalue weighted by Gasteiger charge is -2.14. The molecule has 0 fully saturated rings. The summed E-state index contributed by atoms with van der Waals surface area (Å²) in [6, 6.07) is 13.3. The molecule has 2 aromatic carbocycles. The van der Waals surface area contributed by atoms with Crippen molar-refractivity contribution in [2.24, 2.45) is 0 Å². The van der Waals surface area contributed by atoms with E-state index in [1.807, 2.05) is 42.5 Å². The summed E-state index contributed by atoms with van der Waals surface area (Å²) >= 11 is 8.40. The molecule has 1 amide bonds. The Morgan fingerprint density at radius 2 is 2.00 bits per heavy atom. The molecule has 1 aliphatic rings. The Labute approximate surface area is 158 Å². The Hall–Kier alpha value is -1.66. The van der Waals surface area contributed by atoms with Crippen LogP contribution in [0.3, 0.4) is 0 Å². The van der Waals surface area contributed by atoms with E-state index in [1.54, 1.807) is 0 Å². The van der Waals surface area contributed by atoms with Gasteiger partial charge >= 0.3 is 0 Å². The topological polar surface area (TPSA) is 42.0 Å². The van der Waals surface area contributed by atoms with E-state index >= 15 is 0 Å². The Kier molecular flexibility index (Phi) is 4.18. The zero-order chi connectivity index (χ0) is 16.7. The van der Waals surface area contributed by atoms with E-state index < -0.39 is 0 Å². The molecule has 1 heterocycles. The van der Waals surface area contributed by atoms with E-state index in [0.29, 0.717) is 5.02 Å². The number of nitrogens with zero attached hydrogens (tertiary/aromatic N) is 1. The van der Waals surface area contributed by atoms with Crippen LogP contribution in [0.15, 0.2) is 42.5 Å². The summed E-state index contributed by atoms with van der Waals surface area (Å²) in [5.41, 5.74) is 4.47. The Morgan fingerprint density at radius 1 is 1.17 bits per heavy atom. The second kappa shape index (κ2) is 6.33. The molecule has 0 bridgehead atoms. The Bertz CT molecular complexity index is 971. The van der Waals surface area contributed by atoms with E-state index in [9.17, 15) is 4.79 Å². The van der Waals surface area contributed by atoms with Crippen LogP contribution in [0, 0.1) is 3.57 Å². The normalized spacial score (nSPS) is 13.1. The van der Waals surface area contributed by atoms with E-state index in [-0.39, 0.29) is 5.91 Å². The number of hydrogen-bond donors (Lipinski definition) is 1. The highest BCUT2D eigenvalue weighted by atomic mass is 127. The van der Waals surface area contributed by atoms with Crippen molar-refractivity contribution in [2.75, 3.05) is 5.32 Å². The van der Waals surface area contributed by atoms with Gasteiger partial charge in [-0.25, -0.2) is 0 Å². The van der Waals surface area contributed by atoms with Crippen LogP contribution in [0.2, 0.25) is 5.02 Å². The molecule has 0 unspecified atom stereocenters. The average Bonchev–Trinajstić information content (AvgIpc) is 3.02. The molecule has 0 atom stereocenters. The zero-order valence-electron chi connectivity index (χ0n) is 12.8. The number of pyridine rings is 1. The number of hydrogen-bond acceptors (Lipinski definition) is 2. The van der Waals surface area contributed by atoms with Gasteiger partial charge < -0.3 is 5.32 Å². The number of halogens is 2. The molecule has 4 rings (SSSR count). The molecule has 0 spiro atoms. The lowest BCUT2D eigenvalue weighted by Crippen LogP contribution is -2.16. The van der Waals surface area contributed by atoms with Gasteiger partial charge in [-0.3, -0.25) is 9.78 Å². The van der Waals surface area contributed by atoms with Crippen LogP contribution in [-0.2, 0) is 12.8 Å². The Morgan fingerprint density at radius 3 is 2.83 bits per heavy atom. The van der Waals surface area contributed by atoms with Gasteiger partial charge in [0.25, 0.3) is 5.91 Å². The number of carbonyl (C=O) groups is 1. The lowest BCUT2D eigenvalue weighted by molar-refractivity contribution is 0.102. The minimum absolute atomic E-state index is 0.0908. The molecular weight excluding hydrogens is 435 g/mol. The van der Waals surface area contributed by atoms with Crippen molar-refractivity contribution in [1.29, 1.82) is 0 Å². The Balaban J connectivity index is 1.87. The fraction of sp³-hybridized carbons (Fsp3) is 0.158. The van der Waals surface area contributed by atoms with Crippen molar-refractivity contribution in [1.82, 2.24) is 4.98 Å². The van der Waals surface area contributed by atoms with Crippen molar-refractivity contribution in [3.8, 4) is 0 Å². The van der Waals surface area contributed by atoms with Gasteiger partial charge in [0, 0.05) is 19.7 Å². The number of amides is 1. The molecule has 120 valence electrons. The van der Waals surface area contributed by atoms with E-state index in [4.69, 9.17) is 16.6 Å². The number of fused-ring (bicyclic) bond motifs is 2. The fourth-order valence-electron chi connectivity index (χ4n) is 3.24. The van der Waals surface area contributed by atoms with Crippen LogP contribution in [0.1, 0.15) is 28.0 Å². The van der Waals surface area contributed by atoms with Gasteiger partial charge in [0.15, 0.2) is 0 Å². The summed E-state index contributed by atoms with van der Waals surface area (Å²) in [7, 11) is 0. The van der Waals surface area contributed by atoms with Gasteiger partial charge in [0.05, 0.1) is 16.8 Å². The van der Waals surface area contributed by atoms with E-state index in [0.717, 1.165) is 56.2 Å². The maximum atomic E-state index is 13.1. The second-order valence-corrected chi connectivity index (χ2v) is 7.46. The van der Waals surface area contributed by atoms with Crippen LogP contribution >= 0.6 is 34.2 Å². The number of benzene rings is 2. The summed E-state index contributed by atoms with van der Waals surface area (Å²) in [5.74, 6) is -0.0908. The number of aryl methyl sites for hydroxylation is 1. The van der Waals surface area contributed by atoms with Crippen molar-refractivity contribution in [3.63, 3.8) is 0 Å². The molecule has 1 aromatic heterocycles. The highest BCUT2D eigenvalue weighted by Gasteiger charge is 2.24. The van der Waals surface area contributed by atoms with E-state index in [2.05, 4.69) is 27.9 Å². The number of para-hydroxylation sites is 1. The van der Waals surface area contributed by atoms with Gasteiger partial charge in [0.2, 0.25) is 0 Å². The molecule has 0 saturated carbocycles. The zero-order valence-corrected chi connectivity index (χ0v) is 15.7. The summed E-state index contributed by atoms with van der Waals surface area (Å²) in [5, 5.41) is 4.49. The first-order chi connectivity index (χ1) is 11.6. The molecule has 0 saturated heterocycles. The van der Waals surface area contributed by atoms with Gasteiger partial charge in [-0.1, -0.05) is 23.7 Å². The molecule has 3 aromatic rings. The quantitative estimate of drug-likeness (QED) is 0.545. The minimum atomic E-state index is -0.0908. The largest absolute Gasteiger partial charge is 0.321 e. The van der Waals surface area contributed by atoms with Crippen LogP contribution in [0.4, 0.5) is 5.69 Å². The monoisotopic (exact) mass is 448 g/mol. The predicted octanol–water partition coefficient (Wildman–Crippen LogP) is 5.23. The number of nitrogens with one attached hydrogen (secondary N) is 1. The molecule has 0 aliphatic heterocycles. The number of aromatic nitrogens is 1. The van der Waals surface area contributed by atoms with Gasteiger partial charge in [0.1, 0.15) is 0 Å². The third kappa shape index (κ3) is 2.78. The fourth-order valence-corrected chi connectivity index (χ4v) is 3.94. The molecule has 24 heavy (non-hydrogen) atoms. The van der Waals surface area contributed by atoms with Gasteiger partial charge in [-0.05, 0) is 77.7 Å². The smallest absolute Gasteiger partial charge is 0.256 e. The maximum Gasteiger partial charge on any atom is 0.256 e. The predicted molar refractivity (Wildman–Crippen MR) is 106 cm³/mol. The molecule has 1 N–H and O–H groups in total. The highest BCUT2D eigenvalue weighted by molar-refractivity contribution is 14.1. The third-order valence-corrected chi connectivity index (χ3v) is 5.50. The highest BCUT2D eigenvalue weighted by Crippen LogP contribution is 2.32. The first kappa shape index (κ1) is 15.8. The van der Waals surface area contributed by atoms with Crippen molar-refractivity contribution < 1.29 is 4.79 Å². The first-order valence-corrected chi connectivity index (χ1v) is 9.26. The molecule has 1 aliphatic carbocycles. The third-order valence-electron chi connectivity index (χ3n) is 4.32. The molecule has 0 radical (unpaired) electrons. The van der Waals surface area contributed by atoms with Crippen LogP contribution in [-0.4, -0.2) is 10.9 Å². The van der Waals surface area contributed by atoms with Gasteiger partial charge in [-0.2, -0.15) is 0 Å². The van der Waals surface area contributed by atoms with Crippen LogP contribution in [0.5, 0.6) is 0 Å².